The highest BCUT2D eigenvalue weighted by Crippen LogP contribution is 2.21. The van der Waals surface area contributed by atoms with Crippen LogP contribution >= 0.6 is 0 Å². The number of nitrogens with zero attached hydrogens (tertiary/aromatic N) is 6. The Balaban J connectivity index is 1.59. The molecule has 0 amide bonds. The van der Waals surface area contributed by atoms with E-state index in [0.717, 1.165) is 19.6 Å². The smallest absolute Gasteiger partial charge is 0.184 e. The molecule has 2 aromatic heterocycles. The lowest BCUT2D eigenvalue weighted by Crippen LogP contribution is -2.34. The minimum absolute atomic E-state index is 0.258. The summed E-state index contributed by atoms with van der Waals surface area (Å²) < 4.78 is 15.6. The van der Waals surface area contributed by atoms with Gasteiger partial charge in [-0.15, -0.1) is 5.10 Å². The van der Waals surface area contributed by atoms with Crippen molar-refractivity contribution >= 4 is 17.0 Å². The van der Waals surface area contributed by atoms with Gasteiger partial charge in [0.2, 0.25) is 0 Å². The van der Waals surface area contributed by atoms with Crippen LogP contribution < -0.4 is 5.32 Å². The van der Waals surface area contributed by atoms with Crippen molar-refractivity contribution in [1.82, 2.24) is 29.9 Å². The fourth-order valence-electron chi connectivity index (χ4n) is 3.74. The van der Waals surface area contributed by atoms with Gasteiger partial charge in [0.25, 0.3) is 0 Å². The molecule has 1 N–H and O–H groups in total. The number of benzene rings is 1. The van der Waals surface area contributed by atoms with E-state index >= 15 is 0 Å². The maximum atomic E-state index is 14.0. The molecule has 142 valence electrons. The SMILES string of the molecule is CCN1CCCC1CNc1nc(C)nc2c1nnn2Cc1ccccc1F. The number of hydrogen-bond acceptors (Lipinski definition) is 6. The predicted octanol–water partition coefficient (Wildman–Crippen LogP) is 2.61. The molecule has 1 fully saturated rings. The molecule has 3 aromatic rings. The zero-order chi connectivity index (χ0) is 18.8. The number of anilines is 1. The van der Waals surface area contributed by atoms with Crippen LogP contribution in [0, 0.1) is 12.7 Å². The number of nitrogens with one attached hydrogen (secondary N) is 1. The number of hydrogen-bond donors (Lipinski definition) is 1. The monoisotopic (exact) mass is 369 g/mol. The third-order valence-corrected chi connectivity index (χ3v) is 5.16. The van der Waals surface area contributed by atoms with Crippen LogP contribution in [0.1, 0.15) is 31.2 Å². The van der Waals surface area contributed by atoms with E-state index in [0.29, 0.717) is 34.4 Å². The van der Waals surface area contributed by atoms with Gasteiger partial charge in [-0.25, -0.2) is 19.0 Å². The zero-order valence-corrected chi connectivity index (χ0v) is 15.7. The van der Waals surface area contributed by atoms with Crippen molar-refractivity contribution in [3.63, 3.8) is 0 Å². The Labute approximate surface area is 157 Å². The average Bonchev–Trinajstić information content (AvgIpc) is 3.28. The van der Waals surface area contributed by atoms with Crippen molar-refractivity contribution in [1.29, 1.82) is 0 Å². The van der Waals surface area contributed by atoms with Crippen LogP contribution in [0.3, 0.4) is 0 Å². The molecule has 1 atom stereocenters. The van der Waals surface area contributed by atoms with Crippen LogP contribution in [0.5, 0.6) is 0 Å². The van der Waals surface area contributed by atoms with Gasteiger partial charge in [0.1, 0.15) is 11.6 Å². The summed E-state index contributed by atoms with van der Waals surface area (Å²) in [5, 5.41) is 11.9. The number of likely N-dealkylation sites (tertiary alicyclic amines) is 1. The predicted molar refractivity (Wildman–Crippen MR) is 102 cm³/mol. The summed E-state index contributed by atoms with van der Waals surface area (Å²) in [6.45, 7) is 7.35. The van der Waals surface area contributed by atoms with E-state index in [-0.39, 0.29) is 12.4 Å². The molecule has 1 aliphatic heterocycles. The largest absolute Gasteiger partial charge is 0.366 e. The van der Waals surface area contributed by atoms with Gasteiger partial charge in [-0.2, -0.15) is 0 Å². The molecule has 8 heteroatoms. The summed E-state index contributed by atoms with van der Waals surface area (Å²) in [5.41, 5.74) is 1.80. The Kier molecular flexibility index (Phi) is 4.98. The van der Waals surface area contributed by atoms with E-state index in [1.165, 1.54) is 18.9 Å². The Morgan fingerprint density at radius 3 is 2.93 bits per heavy atom. The first kappa shape index (κ1) is 17.8. The van der Waals surface area contributed by atoms with Gasteiger partial charge in [-0.3, -0.25) is 4.90 Å². The van der Waals surface area contributed by atoms with E-state index in [2.05, 4.69) is 37.4 Å². The zero-order valence-electron chi connectivity index (χ0n) is 15.7. The summed E-state index contributed by atoms with van der Waals surface area (Å²) in [6, 6.07) is 7.19. The molecule has 0 saturated carbocycles. The second-order valence-electron chi connectivity index (χ2n) is 6.94. The van der Waals surface area contributed by atoms with Crippen LogP contribution in [0.2, 0.25) is 0 Å². The molecule has 1 saturated heterocycles. The van der Waals surface area contributed by atoms with E-state index in [1.54, 1.807) is 16.8 Å². The normalized spacial score (nSPS) is 17.7. The van der Waals surface area contributed by atoms with Gasteiger partial charge in [-0.05, 0) is 38.9 Å². The minimum atomic E-state index is -0.258. The fourth-order valence-corrected chi connectivity index (χ4v) is 3.74. The minimum Gasteiger partial charge on any atom is -0.366 e. The lowest BCUT2D eigenvalue weighted by molar-refractivity contribution is 0.277. The van der Waals surface area contributed by atoms with Crippen molar-refractivity contribution in [2.45, 2.75) is 39.3 Å². The molecular weight excluding hydrogens is 345 g/mol. The molecule has 3 heterocycles. The van der Waals surface area contributed by atoms with Crippen molar-refractivity contribution in [2.75, 3.05) is 25.0 Å². The second kappa shape index (κ2) is 7.56. The van der Waals surface area contributed by atoms with Crippen molar-refractivity contribution < 1.29 is 4.39 Å². The summed E-state index contributed by atoms with van der Waals surface area (Å²) in [6.07, 6.45) is 2.42. The quantitative estimate of drug-likeness (QED) is 0.720. The first-order valence-corrected chi connectivity index (χ1v) is 9.45. The number of aryl methyl sites for hydroxylation is 1. The maximum absolute atomic E-state index is 14.0. The first-order chi connectivity index (χ1) is 13.2. The number of halogens is 1. The standard InChI is InChI=1S/C19H24FN7/c1-3-26-10-6-8-15(26)11-21-18-17-19(23-13(2)22-18)27(25-24-17)12-14-7-4-5-9-16(14)20/h4-5,7,9,15H,3,6,8,10-12H2,1-2H3,(H,21,22,23). The molecule has 1 aromatic carbocycles. The summed E-state index contributed by atoms with van der Waals surface area (Å²) in [5.74, 6) is 1.08. The fraction of sp³-hybridized carbons (Fsp3) is 0.474. The summed E-state index contributed by atoms with van der Waals surface area (Å²) >= 11 is 0. The van der Waals surface area contributed by atoms with E-state index in [1.807, 2.05) is 13.0 Å². The highest BCUT2D eigenvalue weighted by atomic mass is 19.1. The Hall–Kier alpha value is -2.61. The molecule has 27 heavy (non-hydrogen) atoms. The van der Waals surface area contributed by atoms with Gasteiger partial charge in [0.15, 0.2) is 17.0 Å². The van der Waals surface area contributed by atoms with E-state index in [9.17, 15) is 4.39 Å². The molecular formula is C19H24FN7. The molecule has 1 aliphatic rings. The van der Waals surface area contributed by atoms with Crippen LogP contribution in [-0.4, -0.2) is 55.5 Å². The lowest BCUT2D eigenvalue weighted by Gasteiger charge is -2.23. The number of rotatable bonds is 6. The van der Waals surface area contributed by atoms with E-state index < -0.39 is 0 Å². The third-order valence-electron chi connectivity index (χ3n) is 5.16. The van der Waals surface area contributed by atoms with Crippen LogP contribution in [0.4, 0.5) is 10.2 Å². The van der Waals surface area contributed by atoms with Crippen molar-refractivity contribution in [2.24, 2.45) is 0 Å². The number of likely N-dealkylation sites (N-methyl/N-ethyl adjacent to an activating group) is 1. The topological polar surface area (TPSA) is 71.8 Å². The van der Waals surface area contributed by atoms with Gasteiger partial charge < -0.3 is 5.32 Å². The Bertz CT molecular complexity index is 939. The molecule has 4 rings (SSSR count). The van der Waals surface area contributed by atoms with Crippen LogP contribution in [0.15, 0.2) is 24.3 Å². The van der Waals surface area contributed by atoms with Gasteiger partial charge in [0, 0.05) is 18.2 Å². The average molecular weight is 369 g/mol. The van der Waals surface area contributed by atoms with Crippen LogP contribution in [0.25, 0.3) is 11.2 Å². The lowest BCUT2D eigenvalue weighted by atomic mass is 10.2. The first-order valence-electron chi connectivity index (χ1n) is 9.45. The summed E-state index contributed by atoms with van der Waals surface area (Å²) in [7, 11) is 0. The van der Waals surface area contributed by atoms with E-state index in [4.69, 9.17) is 0 Å². The van der Waals surface area contributed by atoms with Gasteiger partial charge >= 0.3 is 0 Å². The van der Waals surface area contributed by atoms with Gasteiger partial charge in [0.05, 0.1) is 6.54 Å². The molecule has 0 spiro atoms. The molecule has 7 nitrogen and oxygen atoms in total. The van der Waals surface area contributed by atoms with Gasteiger partial charge in [-0.1, -0.05) is 30.3 Å². The third kappa shape index (κ3) is 3.62. The molecule has 1 unspecified atom stereocenters. The van der Waals surface area contributed by atoms with Crippen molar-refractivity contribution in [3.8, 4) is 0 Å². The Morgan fingerprint density at radius 1 is 1.26 bits per heavy atom. The summed E-state index contributed by atoms with van der Waals surface area (Å²) in [4.78, 5) is 11.5. The number of aromatic nitrogens is 5. The van der Waals surface area contributed by atoms with Crippen molar-refractivity contribution in [3.05, 3.63) is 41.5 Å². The highest BCUT2D eigenvalue weighted by molar-refractivity contribution is 5.82. The molecule has 0 bridgehead atoms. The number of fused-ring (bicyclic) bond motifs is 1. The maximum Gasteiger partial charge on any atom is 0.184 e. The highest BCUT2D eigenvalue weighted by Gasteiger charge is 2.23. The van der Waals surface area contributed by atoms with Crippen LogP contribution in [-0.2, 0) is 6.54 Å². The Morgan fingerprint density at radius 2 is 2.11 bits per heavy atom. The second-order valence-corrected chi connectivity index (χ2v) is 6.94. The molecule has 0 aliphatic carbocycles. The molecule has 0 radical (unpaired) electrons.